The number of ketones is 1. The monoisotopic (exact) mass is 559 g/mol. The van der Waals surface area contributed by atoms with Crippen molar-refractivity contribution in [1.82, 2.24) is 5.32 Å². The fourth-order valence-electron chi connectivity index (χ4n) is 6.97. The molecule has 4 atom stereocenters. The lowest BCUT2D eigenvalue weighted by molar-refractivity contribution is -1.00. The Morgan fingerprint density at radius 3 is 2.53 bits per heavy atom. The molecule has 0 radical (unpaired) electrons. The first kappa shape index (κ1) is 27.9. The normalized spacial score (nSPS) is 29.8. The van der Waals surface area contributed by atoms with Crippen molar-refractivity contribution in [3.8, 4) is 5.75 Å². The summed E-state index contributed by atoms with van der Waals surface area (Å²) in [6.45, 7) is 10.00. The van der Waals surface area contributed by atoms with E-state index in [1.165, 1.54) is 5.56 Å². The van der Waals surface area contributed by atoms with Gasteiger partial charge in [0.25, 0.3) is 0 Å². The van der Waals surface area contributed by atoms with Crippen molar-refractivity contribution in [1.29, 1.82) is 0 Å². The van der Waals surface area contributed by atoms with Gasteiger partial charge in [0.1, 0.15) is 11.8 Å². The fraction of sp³-hybridized carbons (Fsp3) is 0.581. The Balaban J connectivity index is 1.44. The average molecular weight is 561 g/mol. The van der Waals surface area contributed by atoms with Gasteiger partial charge in [0.15, 0.2) is 5.78 Å². The van der Waals surface area contributed by atoms with Crippen LogP contribution in [0.15, 0.2) is 42.5 Å². The maximum atomic E-state index is 13.9. The minimum atomic E-state index is -0.169. The molecule has 2 aromatic carbocycles. The van der Waals surface area contributed by atoms with Crippen LogP contribution in [0.25, 0.3) is 0 Å². The molecule has 1 N–H and O–H groups in total. The van der Waals surface area contributed by atoms with Crippen LogP contribution >= 0.6 is 23.2 Å². The minimum absolute atomic E-state index is 0.0841. The van der Waals surface area contributed by atoms with Crippen molar-refractivity contribution in [2.24, 2.45) is 5.92 Å². The smallest absolute Gasteiger partial charge is 0.201 e. The van der Waals surface area contributed by atoms with Crippen molar-refractivity contribution in [2.45, 2.75) is 83.3 Å². The number of benzene rings is 2. The van der Waals surface area contributed by atoms with E-state index < -0.39 is 0 Å². The van der Waals surface area contributed by atoms with E-state index in [1.807, 2.05) is 50.2 Å². The molecule has 0 aliphatic carbocycles. The number of nitrogens with zero attached hydrogens (tertiary/aromatic N) is 1. The first-order valence-corrected chi connectivity index (χ1v) is 15.0. The van der Waals surface area contributed by atoms with Gasteiger partial charge in [-0.15, -0.1) is 0 Å². The third-order valence-electron chi connectivity index (χ3n) is 8.95. The average Bonchev–Trinajstić information content (AvgIpc) is 2.91. The summed E-state index contributed by atoms with van der Waals surface area (Å²) in [5.41, 5.74) is 2.18. The van der Waals surface area contributed by atoms with Gasteiger partial charge in [-0.3, -0.25) is 9.28 Å². The van der Waals surface area contributed by atoms with E-state index in [2.05, 4.69) is 18.3 Å². The van der Waals surface area contributed by atoms with Gasteiger partial charge in [-0.05, 0) is 81.5 Å². The first-order chi connectivity index (χ1) is 18.3. The fourth-order valence-corrected chi connectivity index (χ4v) is 7.28. The predicted octanol–water partition coefficient (Wildman–Crippen LogP) is 6.40. The number of fused-ring (bicyclic) bond motifs is 3. The summed E-state index contributed by atoms with van der Waals surface area (Å²) in [6.07, 6.45) is 4.90. The standard InChI is InChI=1S/C31H41Cl2N2O3/c1-20(2)37-25-7-4-6-22(16-25)17-29(36)21(3)35-14-11-23(12-15-35)30(24-9-10-27(32)28(33)18-24)31(35)38-26-8-5-13-34-19-26/h4,6-7,9-10,16,18,20-21,23,26,30-31,34H,5,8,11-15,17,19H2,1-3H3/q+1. The molecule has 206 valence electrons. The number of halogens is 2. The number of Topliss-reactive ketones (excluding diaryl/α,β-unsaturated/α-hetero) is 1. The lowest BCUT2D eigenvalue weighted by Crippen LogP contribution is -2.73. The van der Waals surface area contributed by atoms with Crippen LogP contribution in [0.1, 0.15) is 63.5 Å². The molecule has 38 heavy (non-hydrogen) atoms. The van der Waals surface area contributed by atoms with E-state index in [-0.39, 0.29) is 36.2 Å². The van der Waals surface area contributed by atoms with E-state index in [1.54, 1.807) is 0 Å². The van der Waals surface area contributed by atoms with Gasteiger partial charge in [-0.1, -0.05) is 41.4 Å². The third kappa shape index (κ3) is 5.78. The highest BCUT2D eigenvalue weighted by molar-refractivity contribution is 6.42. The number of piperidine rings is 4. The lowest BCUT2D eigenvalue weighted by atomic mass is 9.71. The highest BCUT2D eigenvalue weighted by atomic mass is 35.5. The van der Waals surface area contributed by atoms with Crippen molar-refractivity contribution >= 4 is 29.0 Å². The Morgan fingerprint density at radius 1 is 1.05 bits per heavy atom. The Morgan fingerprint density at radius 2 is 1.84 bits per heavy atom. The molecule has 4 heterocycles. The number of quaternary nitrogens is 1. The SMILES string of the molecule is CC(C)Oc1cccc(CC(=O)C(C)[N+]23CCC(CC2)C(c2ccc(Cl)c(Cl)c2)C3OC2CCCNC2)c1. The molecule has 0 saturated carbocycles. The number of hydrogen-bond donors (Lipinski definition) is 1. The third-order valence-corrected chi connectivity index (χ3v) is 9.69. The summed E-state index contributed by atoms with van der Waals surface area (Å²) in [6, 6.07) is 13.8. The second-order valence-electron chi connectivity index (χ2n) is 11.7. The molecule has 0 spiro atoms. The van der Waals surface area contributed by atoms with Crippen LogP contribution in [0, 0.1) is 5.92 Å². The van der Waals surface area contributed by atoms with Gasteiger partial charge in [0.2, 0.25) is 6.23 Å². The second-order valence-corrected chi connectivity index (χ2v) is 12.5. The van der Waals surface area contributed by atoms with Crippen LogP contribution in [-0.2, 0) is 16.0 Å². The molecule has 4 aliphatic rings. The summed E-state index contributed by atoms with van der Waals surface area (Å²) >= 11 is 12.8. The molecule has 0 amide bonds. The van der Waals surface area contributed by atoms with Crippen LogP contribution < -0.4 is 10.1 Å². The van der Waals surface area contributed by atoms with Gasteiger partial charge in [-0.2, -0.15) is 0 Å². The van der Waals surface area contributed by atoms with Crippen molar-refractivity contribution < 1.29 is 18.8 Å². The van der Waals surface area contributed by atoms with Gasteiger partial charge >= 0.3 is 0 Å². The highest BCUT2D eigenvalue weighted by Crippen LogP contribution is 2.51. The number of ether oxygens (including phenoxy) is 2. The van der Waals surface area contributed by atoms with Gasteiger partial charge in [0, 0.05) is 25.8 Å². The molecule has 4 aliphatic heterocycles. The molecule has 4 unspecified atom stereocenters. The topological polar surface area (TPSA) is 47.6 Å². The Hall–Kier alpha value is -1.63. The van der Waals surface area contributed by atoms with Crippen LogP contribution in [0.2, 0.25) is 10.0 Å². The Labute approximate surface area is 237 Å². The summed E-state index contributed by atoms with van der Waals surface area (Å²) < 4.78 is 13.6. The molecule has 6 rings (SSSR count). The molecular formula is C31H41Cl2N2O3+. The van der Waals surface area contributed by atoms with Crippen molar-refractivity contribution in [3.05, 3.63) is 63.6 Å². The molecule has 4 fully saturated rings. The summed E-state index contributed by atoms with van der Waals surface area (Å²) in [7, 11) is 0. The number of rotatable bonds is 9. The lowest BCUT2D eigenvalue weighted by Gasteiger charge is -2.60. The number of carbonyl (C=O) groups is 1. The van der Waals surface area contributed by atoms with Gasteiger partial charge < -0.3 is 14.8 Å². The molecular weight excluding hydrogens is 519 g/mol. The maximum Gasteiger partial charge on any atom is 0.201 e. The minimum Gasteiger partial charge on any atom is -0.491 e. The predicted molar refractivity (Wildman–Crippen MR) is 153 cm³/mol. The van der Waals surface area contributed by atoms with E-state index in [0.29, 0.717) is 26.9 Å². The number of carbonyl (C=O) groups excluding carboxylic acids is 1. The second kappa shape index (κ2) is 11.9. The molecule has 2 aromatic rings. The molecule has 0 aromatic heterocycles. The molecule has 2 bridgehead atoms. The largest absolute Gasteiger partial charge is 0.491 e. The van der Waals surface area contributed by atoms with Gasteiger partial charge in [-0.25, -0.2) is 0 Å². The van der Waals surface area contributed by atoms with Crippen molar-refractivity contribution in [3.63, 3.8) is 0 Å². The van der Waals surface area contributed by atoms with Gasteiger partial charge in [0.05, 0.1) is 41.3 Å². The maximum absolute atomic E-state index is 13.9. The zero-order chi connectivity index (χ0) is 26.9. The zero-order valence-corrected chi connectivity index (χ0v) is 24.3. The summed E-state index contributed by atoms with van der Waals surface area (Å²) in [5, 5.41) is 4.66. The Kier molecular flexibility index (Phi) is 8.71. The van der Waals surface area contributed by atoms with Crippen LogP contribution in [0.4, 0.5) is 0 Å². The van der Waals surface area contributed by atoms with Crippen LogP contribution in [-0.4, -0.2) is 60.9 Å². The highest BCUT2D eigenvalue weighted by Gasteiger charge is 2.59. The summed E-state index contributed by atoms with van der Waals surface area (Å²) in [5.74, 6) is 1.78. The van der Waals surface area contributed by atoms with Crippen LogP contribution in [0.3, 0.4) is 0 Å². The number of nitrogens with one attached hydrogen (secondary N) is 1. The zero-order valence-electron chi connectivity index (χ0n) is 22.8. The quantitative estimate of drug-likeness (QED) is 0.361. The first-order valence-electron chi connectivity index (χ1n) is 14.2. The van der Waals surface area contributed by atoms with Crippen molar-refractivity contribution in [2.75, 3.05) is 26.2 Å². The molecule has 7 heteroatoms. The van der Waals surface area contributed by atoms with E-state index >= 15 is 0 Å². The van der Waals surface area contributed by atoms with Crippen LogP contribution in [0.5, 0.6) is 5.75 Å². The van der Waals surface area contributed by atoms with E-state index in [0.717, 1.165) is 63.2 Å². The van der Waals surface area contributed by atoms with E-state index in [4.69, 9.17) is 32.7 Å². The molecule has 4 saturated heterocycles. The Bertz CT molecular complexity index is 1130. The number of hydrogen-bond acceptors (Lipinski definition) is 4. The summed E-state index contributed by atoms with van der Waals surface area (Å²) in [4.78, 5) is 13.9. The molecule has 5 nitrogen and oxygen atoms in total. The van der Waals surface area contributed by atoms with E-state index in [9.17, 15) is 4.79 Å².